The summed E-state index contributed by atoms with van der Waals surface area (Å²) in [6.07, 6.45) is 2.44. The molecule has 0 radical (unpaired) electrons. The number of imidazole rings is 1. The van der Waals surface area contributed by atoms with E-state index in [1.807, 2.05) is 6.92 Å². The average Bonchev–Trinajstić information content (AvgIpc) is 2.68. The van der Waals surface area contributed by atoms with E-state index >= 15 is 0 Å². The predicted molar refractivity (Wildman–Crippen MR) is 68.7 cm³/mol. The van der Waals surface area contributed by atoms with Crippen LogP contribution in [0.2, 0.25) is 0 Å². The van der Waals surface area contributed by atoms with E-state index < -0.39 is 5.97 Å². The molecule has 100 valence electrons. The third kappa shape index (κ3) is 3.76. The minimum absolute atomic E-state index is 0.0418. The second-order valence-corrected chi connectivity index (χ2v) is 4.88. The van der Waals surface area contributed by atoms with Gasteiger partial charge in [-0.15, -0.1) is 0 Å². The van der Waals surface area contributed by atoms with Crippen LogP contribution in [0.15, 0.2) is 11.4 Å². The summed E-state index contributed by atoms with van der Waals surface area (Å²) in [6.45, 7) is 2.16. The molecule has 1 N–H and O–H groups in total. The van der Waals surface area contributed by atoms with Crippen LogP contribution < -0.4 is 0 Å². The van der Waals surface area contributed by atoms with Crippen molar-refractivity contribution in [3.8, 4) is 0 Å². The lowest BCUT2D eigenvalue weighted by molar-refractivity contribution is -0.134. The second kappa shape index (κ2) is 6.44. The maximum absolute atomic E-state index is 11.7. The summed E-state index contributed by atoms with van der Waals surface area (Å²) in [7, 11) is 3.38. The minimum Gasteiger partial charge on any atom is -0.481 e. The van der Waals surface area contributed by atoms with E-state index in [4.69, 9.17) is 5.11 Å². The van der Waals surface area contributed by atoms with Gasteiger partial charge in [-0.2, -0.15) is 0 Å². The number of amides is 1. The molecule has 0 saturated heterocycles. The quantitative estimate of drug-likeness (QED) is 0.771. The third-order valence-corrected chi connectivity index (χ3v) is 3.36. The molecule has 0 unspecified atom stereocenters. The molecular formula is C11H17N3O3S. The number of carbonyl (C=O) groups is 2. The van der Waals surface area contributed by atoms with Crippen molar-refractivity contribution >= 4 is 23.6 Å². The lowest BCUT2D eigenvalue weighted by Gasteiger charge is -2.14. The highest BCUT2D eigenvalue weighted by molar-refractivity contribution is 7.99. The zero-order chi connectivity index (χ0) is 13.7. The molecule has 0 fully saturated rings. The first-order valence-corrected chi connectivity index (χ1v) is 6.53. The molecule has 0 atom stereocenters. The van der Waals surface area contributed by atoms with Gasteiger partial charge in [-0.25, -0.2) is 4.98 Å². The number of carboxylic acid groups (broad SMARTS) is 1. The van der Waals surface area contributed by atoms with Crippen LogP contribution in [0.3, 0.4) is 0 Å². The SMILES string of the molecule is CCc1cnc(SCC(=O)O)n1CC(=O)N(C)C. The van der Waals surface area contributed by atoms with Crippen molar-refractivity contribution in [1.29, 1.82) is 0 Å². The Labute approximate surface area is 110 Å². The number of rotatable bonds is 6. The fourth-order valence-electron chi connectivity index (χ4n) is 1.36. The first-order valence-electron chi connectivity index (χ1n) is 5.54. The number of likely N-dealkylation sites (N-methyl/N-ethyl adjacent to an activating group) is 1. The van der Waals surface area contributed by atoms with Gasteiger partial charge in [-0.3, -0.25) is 9.59 Å². The Morgan fingerprint density at radius 2 is 2.17 bits per heavy atom. The smallest absolute Gasteiger partial charge is 0.313 e. The average molecular weight is 271 g/mol. The van der Waals surface area contributed by atoms with Crippen molar-refractivity contribution < 1.29 is 14.7 Å². The van der Waals surface area contributed by atoms with Crippen LogP contribution in [0.1, 0.15) is 12.6 Å². The van der Waals surface area contributed by atoms with Gasteiger partial charge in [-0.05, 0) is 6.42 Å². The fourth-order valence-corrected chi connectivity index (χ4v) is 2.08. The summed E-state index contributed by atoms with van der Waals surface area (Å²) in [4.78, 5) is 27.9. The predicted octanol–water partition coefficient (Wildman–Crippen LogP) is 0.710. The molecule has 0 saturated carbocycles. The number of thioether (sulfide) groups is 1. The van der Waals surface area contributed by atoms with Crippen molar-refractivity contribution in [1.82, 2.24) is 14.5 Å². The van der Waals surface area contributed by atoms with Gasteiger partial charge in [0.05, 0.1) is 5.75 Å². The van der Waals surface area contributed by atoms with Crippen LogP contribution in [0.4, 0.5) is 0 Å². The molecule has 0 spiro atoms. The number of nitrogens with zero attached hydrogens (tertiary/aromatic N) is 3. The van der Waals surface area contributed by atoms with E-state index in [9.17, 15) is 9.59 Å². The van der Waals surface area contributed by atoms with Gasteiger partial charge >= 0.3 is 5.97 Å². The zero-order valence-corrected chi connectivity index (χ0v) is 11.5. The standard InChI is InChI=1S/C11H17N3O3S/c1-4-8-5-12-11(18-7-10(16)17)14(8)6-9(15)13(2)3/h5H,4,6-7H2,1-3H3,(H,16,17). The first-order chi connectivity index (χ1) is 8.45. The molecular weight excluding hydrogens is 254 g/mol. The zero-order valence-electron chi connectivity index (χ0n) is 10.7. The number of aromatic nitrogens is 2. The number of hydrogen-bond donors (Lipinski definition) is 1. The highest BCUT2D eigenvalue weighted by atomic mass is 32.2. The van der Waals surface area contributed by atoms with E-state index in [2.05, 4.69) is 4.98 Å². The molecule has 0 aliphatic carbocycles. The Balaban J connectivity index is 2.87. The van der Waals surface area contributed by atoms with E-state index in [-0.39, 0.29) is 18.2 Å². The molecule has 7 heteroatoms. The molecule has 1 aromatic heterocycles. The molecule has 1 amide bonds. The third-order valence-electron chi connectivity index (χ3n) is 2.38. The van der Waals surface area contributed by atoms with E-state index in [0.29, 0.717) is 5.16 Å². The number of carbonyl (C=O) groups excluding carboxylic acids is 1. The van der Waals surface area contributed by atoms with Crippen LogP contribution in [0.5, 0.6) is 0 Å². The van der Waals surface area contributed by atoms with Crippen molar-refractivity contribution in [2.75, 3.05) is 19.8 Å². The Morgan fingerprint density at radius 1 is 1.50 bits per heavy atom. The van der Waals surface area contributed by atoms with Crippen LogP contribution in [0, 0.1) is 0 Å². The van der Waals surface area contributed by atoms with Gasteiger partial charge in [-0.1, -0.05) is 18.7 Å². The Hall–Kier alpha value is -1.50. The first kappa shape index (κ1) is 14.6. The molecule has 1 rings (SSSR count). The molecule has 0 aliphatic heterocycles. The molecule has 1 heterocycles. The Bertz CT molecular complexity index is 443. The molecule has 0 aromatic carbocycles. The Kier molecular flexibility index (Phi) is 5.21. The topological polar surface area (TPSA) is 75.4 Å². The van der Waals surface area contributed by atoms with Gasteiger partial charge in [0.1, 0.15) is 6.54 Å². The number of hydrogen-bond acceptors (Lipinski definition) is 4. The van der Waals surface area contributed by atoms with Gasteiger partial charge in [0.25, 0.3) is 0 Å². The van der Waals surface area contributed by atoms with Crippen molar-refractivity contribution in [3.05, 3.63) is 11.9 Å². The van der Waals surface area contributed by atoms with E-state index in [0.717, 1.165) is 23.9 Å². The summed E-state index contributed by atoms with van der Waals surface area (Å²) in [5, 5.41) is 9.24. The molecule has 0 aliphatic rings. The number of aryl methyl sites for hydroxylation is 1. The summed E-state index contributed by atoms with van der Waals surface area (Å²) in [5.41, 5.74) is 0.929. The summed E-state index contributed by atoms with van der Waals surface area (Å²) >= 11 is 1.13. The fraction of sp³-hybridized carbons (Fsp3) is 0.545. The van der Waals surface area contributed by atoms with Crippen molar-refractivity contribution in [3.63, 3.8) is 0 Å². The summed E-state index contributed by atoms with van der Waals surface area (Å²) in [6, 6.07) is 0. The Morgan fingerprint density at radius 3 is 2.67 bits per heavy atom. The molecule has 18 heavy (non-hydrogen) atoms. The van der Waals surface area contributed by atoms with Crippen LogP contribution in [-0.2, 0) is 22.6 Å². The van der Waals surface area contributed by atoms with E-state index in [1.54, 1.807) is 24.9 Å². The minimum atomic E-state index is -0.897. The van der Waals surface area contributed by atoms with Gasteiger partial charge in [0.2, 0.25) is 5.91 Å². The maximum Gasteiger partial charge on any atom is 0.313 e. The summed E-state index contributed by atoms with van der Waals surface area (Å²) in [5.74, 6) is -0.998. The monoisotopic (exact) mass is 271 g/mol. The second-order valence-electron chi connectivity index (χ2n) is 3.94. The lowest BCUT2D eigenvalue weighted by Crippen LogP contribution is -2.27. The van der Waals surface area contributed by atoms with Gasteiger partial charge in [0, 0.05) is 26.0 Å². The van der Waals surface area contributed by atoms with Crippen molar-refractivity contribution in [2.45, 2.75) is 25.0 Å². The highest BCUT2D eigenvalue weighted by Gasteiger charge is 2.14. The number of carboxylic acids is 1. The normalized spacial score (nSPS) is 10.4. The molecule has 1 aromatic rings. The van der Waals surface area contributed by atoms with E-state index in [1.165, 1.54) is 4.90 Å². The van der Waals surface area contributed by atoms with Crippen LogP contribution in [-0.4, -0.2) is 51.3 Å². The lowest BCUT2D eigenvalue weighted by atomic mass is 10.3. The van der Waals surface area contributed by atoms with Crippen LogP contribution >= 0.6 is 11.8 Å². The van der Waals surface area contributed by atoms with Gasteiger partial charge < -0.3 is 14.6 Å². The van der Waals surface area contributed by atoms with Crippen molar-refractivity contribution in [2.24, 2.45) is 0 Å². The maximum atomic E-state index is 11.7. The van der Waals surface area contributed by atoms with Gasteiger partial charge in [0.15, 0.2) is 5.16 Å². The molecule has 0 bridgehead atoms. The largest absolute Gasteiger partial charge is 0.481 e. The highest BCUT2D eigenvalue weighted by Crippen LogP contribution is 2.19. The van der Waals surface area contributed by atoms with Crippen LogP contribution in [0.25, 0.3) is 0 Å². The number of aliphatic carboxylic acids is 1. The molecule has 6 nitrogen and oxygen atoms in total. The summed E-state index contributed by atoms with van der Waals surface area (Å²) < 4.78 is 1.77.